The topological polar surface area (TPSA) is 64.6 Å². The Bertz CT molecular complexity index is 866. The Morgan fingerprint density at radius 3 is 2.69 bits per heavy atom. The third kappa shape index (κ3) is 4.39. The minimum Gasteiger partial charge on any atom is -0.488 e. The van der Waals surface area contributed by atoms with E-state index in [1.165, 1.54) is 6.08 Å². The largest absolute Gasteiger partial charge is 0.488 e. The summed E-state index contributed by atoms with van der Waals surface area (Å²) in [5.41, 5.74) is 2.96. The van der Waals surface area contributed by atoms with Crippen molar-refractivity contribution < 1.29 is 19.1 Å². The number of carbonyl (C=O) groups is 2. The van der Waals surface area contributed by atoms with Crippen molar-refractivity contribution in [3.05, 3.63) is 77.4 Å². The maximum atomic E-state index is 12.1. The first-order valence-electron chi connectivity index (χ1n) is 8.34. The predicted molar refractivity (Wildman–Crippen MR) is 100 cm³/mol. The number of esters is 1. The van der Waals surface area contributed by atoms with Crippen molar-refractivity contribution in [3.8, 4) is 5.75 Å². The van der Waals surface area contributed by atoms with Crippen LogP contribution in [0.15, 0.2) is 66.3 Å². The van der Waals surface area contributed by atoms with Gasteiger partial charge in [-0.3, -0.25) is 4.79 Å². The molecule has 0 saturated heterocycles. The molecule has 0 saturated carbocycles. The molecule has 0 bridgehead atoms. The third-order valence-corrected chi connectivity index (χ3v) is 3.77. The van der Waals surface area contributed by atoms with E-state index in [1.807, 2.05) is 30.3 Å². The van der Waals surface area contributed by atoms with Crippen molar-refractivity contribution in [1.29, 1.82) is 0 Å². The Morgan fingerprint density at radius 1 is 1.15 bits per heavy atom. The average Bonchev–Trinajstić information content (AvgIpc) is 2.67. The number of hydrogen-bond acceptors (Lipinski definition) is 4. The summed E-state index contributed by atoms with van der Waals surface area (Å²) in [5, 5.41) is 2.75. The molecule has 0 unspecified atom stereocenters. The zero-order valence-corrected chi connectivity index (χ0v) is 14.4. The first-order valence-corrected chi connectivity index (χ1v) is 8.34. The van der Waals surface area contributed by atoms with Gasteiger partial charge < -0.3 is 14.8 Å². The molecule has 1 amide bonds. The van der Waals surface area contributed by atoms with Crippen LogP contribution in [-0.4, -0.2) is 25.1 Å². The van der Waals surface area contributed by atoms with Crippen molar-refractivity contribution in [3.63, 3.8) is 0 Å². The van der Waals surface area contributed by atoms with Gasteiger partial charge in [0.15, 0.2) is 0 Å². The van der Waals surface area contributed by atoms with E-state index in [4.69, 9.17) is 9.47 Å². The standard InChI is InChI=1S/C21H19NO4/c1-2-25-21(24)16-8-10-18(11-9-16)22-20(23)12-7-15-13-17-5-3-4-6-19(17)26-14-15/h3-13H,2,14H2,1H3,(H,22,23). The van der Waals surface area contributed by atoms with Gasteiger partial charge in [0.1, 0.15) is 12.4 Å². The molecule has 1 aliphatic rings. The number of anilines is 1. The molecule has 0 aliphatic carbocycles. The Morgan fingerprint density at radius 2 is 1.92 bits per heavy atom. The van der Waals surface area contributed by atoms with E-state index in [9.17, 15) is 9.59 Å². The van der Waals surface area contributed by atoms with Crippen LogP contribution in [0.1, 0.15) is 22.8 Å². The maximum Gasteiger partial charge on any atom is 0.338 e. The van der Waals surface area contributed by atoms with E-state index < -0.39 is 0 Å². The normalized spacial score (nSPS) is 12.7. The predicted octanol–water partition coefficient (Wildman–Crippen LogP) is 3.83. The highest BCUT2D eigenvalue weighted by atomic mass is 16.5. The summed E-state index contributed by atoms with van der Waals surface area (Å²) in [5.74, 6) is 0.208. The van der Waals surface area contributed by atoms with Crippen LogP contribution in [0.5, 0.6) is 5.75 Å². The molecule has 2 aromatic rings. The number of benzene rings is 2. The molecule has 5 nitrogen and oxygen atoms in total. The molecule has 0 fully saturated rings. The van der Waals surface area contributed by atoms with E-state index in [0.29, 0.717) is 24.5 Å². The fourth-order valence-corrected chi connectivity index (χ4v) is 2.50. The maximum absolute atomic E-state index is 12.1. The van der Waals surface area contributed by atoms with E-state index in [2.05, 4.69) is 5.32 Å². The summed E-state index contributed by atoms with van der Waals surface area (Å²) in [6.07, 6.45) is 5.19. The highest BCUT2D eigenvalue weighted by molar-refractivity contribution is 6.00. The number of carbonyl (C=O) groups excluding carboxylic acids is 2. The number of hydrogen-bond donors (Lipinski definition) is 1. The molecular formula is C21H19NO4. The molecule has 0 spiro atoms. The molecule has 26 heavy (non-hydrogen) atoms. The van der Waals surface area contributed by atoms with Crippen LogP contribution in [0.4, 0.5) is 5.69 Å². The van der Waals surface area contributed by atoms with Crippen LogP contribution in [0.25, 0.3) is 6.08 Å². The van der Waals surface area contributed by atoms with Crippen LogP contribution in [-0.2, 0) is 9.53 Å². The fraction of sp³-hybridized carbons (Fsp3) is 0.143. The van der Waals surface area contributed by atoms with E-state index >= 15 is 0 Å². The Labute approximate surface area is 151 Å². The van der Waals surface area contributed by atoms with Crippen molar-refractivity contribution in [2.75, 3.05) is 18.5 Å². The van der Waals surface area contributed by atoms with Crippen molar-refractivity contribution in [2.24, 2.45) is 0 Å². The lowest BCUT2D eigenvalue weighted by Gasteiger charge is -2.15. The fourth-order valence-electron chi connectivity index (χ4n) is 2.50. The highest BCUT2D eigenvalue weighted by Gasteiger charge is 2.09. The van der Waals surface area contributed by atoms with Crippen molar-refractivity contribution in [1.82, 2.24) is 0 Å². The second kappa shape index (κ2) is 8.16. The van der Waals surface area contributed by atoms with Gasteiger partial charge in [0.2, 0.25) is 5.91 Å². The molecule has 0 atom stereocenters. The molecule has 1 heterocycles. The number of ether oxygens (including phenoxy) is 2. The lowest BCUT2D eigenvalue weighted by atomic mass is 10.1. The Kier molecular flexibility index (Phi) is 5.49. The van der Waals surface area contributed by atoms with Gasteiger partial charge in [0.05, 0.1) is 12.2 Å². The van der Waals surface area contributed by atoms with Crippen LogP contribution in [0.3, 0.4) is 0 Å². The van der Waals surface area contributed by atoms with Gasteiger partial charge in [-0.15, -0.1) is 0 Å². The minimum absolute atomic E-state index is 0.256. The zero-order chi connectivity index (χ0) is 18.4. The molecule has 0 aromatic heterocycles. The smallest absolute Gasteiger partial charge is 0.338 e. The van der Waals surface area contributed by atoms with Crippen LogP contribution >= 0.6 is 0 Å². The first kappa shape index (κ1) is 17.5. The molecule has 5 heteroatoms. The molecule has 132 valence electrons. The quantitative estimate of drug-likeness (QED) is 0.658. The van der Waals surface area contributed by atoms with Gasteiger partial charge in [-0.2, -0.15) is 0 Å². The Hall–Kier alpha value is -3.34. The Balaban J connectivity index is 1.60. The van der Waals surface area contributed by atoms with Crippen molar-refractivity contribution in [2.45, 2.75) is 6.92 Å². The summed E-state index contributed by atoms with van der Waals surface area (Å²) >= 11 is 0. The van der Waals surface area contributed by atoms with Crippen LogP contribution in [0.2, 0.25) is 0 Å². The number of nitrogens with one attached hydrogen (secondary N) is 1. The lowest BCUT2D eigenvalue weighted by molar-refractivity contribution is -0.111. The highest BCUT2D eigenvalue weighted by Crippen LogP contribution is 2.26. The van der Waals surface area contributed by atoms with Gasteiger partial charge in [0.25, 0.3) is 0 Å². The summed E-state index contributed by atoms with van der Waals surface area (Å²) in [6, 6.07) is 14.3. The van der Waals surface area contributed by atoms with Crippen molar-refractivity contribution >= 4 is 23.6 Å². The molecule has 3 rings (SSSR count). The number of fused-ring (bicyclic) bond motifs is 1. The monoisotopic (exact) mass is 349 g/mol. The number of rotatable bonds is 5. The van der Waals surface area contributed by atoms with Gasteiger partial charge in [-0.25, -0.2) is 4.79 Å². The second-order valence-electron chi connectivity index (χ2n) is 5.67. The van der Waals surface area contributed by atoms with Crippen LogP contribution < -0.4 is 10.1 Å². The summed E-state index contributed by atoms with van der Waals surface area (Å²) in [7, 11) is 0. The zero-order valence-electron chi connectivity index (χ0n) is 14.4. The molecule has 1 aliphatic heterocycles. The van der Waals surface area contributed by atoms with Gasteiger partial charge >= 0.3 is 5.97 Å². The van der Waals surface area contributed by atoms with Gasteiger partial charge in [-0.05, 0) is 48.9 Å². The SMILES string of the molecule is CCOC(=O)c1ccc(NC(=O)C=CC2=Cc3ccccc3OC2)cc1. The first-order chi connectivity index (χ1) is 12.7. The third-order valence-electron chi connectivity index (χ3n) is 3.77. The number of amides is 1. The second-order valence-corrected chi connectivity index (χ2v) is 5.67. The molecule has 1 N–H and O–H groups in total. The summed E-state index contributed by atoms with van der Waals surface area (Å²) < 4.78 is 10.6. The number of para-hydroxylation sites is 1. The van der Waals surface area contributed by atoms with E-state index in [1.54, 1.807) is 37.3 Å². The van der Waals surface area contributed by atoms with Gasteiger partial charge in [-0.1, -0.05) is 24.3 Å². The lowest BCUT2D eigenvalue weighted by Crippen LogP contribution is -2.10. The van der Waals surface area contributed by atoms with Crippen LogP contribution in [0, 0.1) is 0 Å². The van der Waals surface area contributed by atoms with Gasteiger partial charge in [0, 0.05) is 17.3 Å². The minimum atomic E-state index is -0.380. The average molecular weight is 349 g/mol. The molecule has 0 radical (unpaired) electrons. The molecular weight excluding hydrogens is 330 g/mol. The van der Waals surface area contributed by atoms with E-state index in [0.717, 1.165) is 16.9 Å². The van der Waals surface area contributed by atoms with E-state index in [-0.39, 0.29) is 11.9 Å². The summed E-state index contributed by atoms with van der Waals surface area (Å²) in [6.45, 7) is 2.51. The molecule has 2 aromatic carbocycles. The summed E-state index contributed by atoms with van der Waals surface area (Å²) in [4.78, 5) is 23.7.